The summed E-state index contributed by atoms with van der Waals surface area (Å²) in [5, 5.41) is 2.56. The minimum atomic E-state index is -3.75. The van der Waals surface area contributed by atoms with E-state index in [4.69, 9.17) is 10.5 Å². The fraction of sp³-hybridized carbons (Fsp3) is 0.462. The summed E-state index contributed by atoms with van der Waals surface area (Å²) in [5.74, 6) is -1.20. The molecule has 1 unspecified atom stereocenters. The molecule has 20 heavy (non-hydrogen) atoms. The number of aryl methyl sites for hydroxylation is 1. The summed E-state index contributed by atoms with van der Waals surface area (Å²) in [4.78, 5) is 11.7. The summed E-state index contributed by atoms with van der Waals surface area (Å²) >= 11 is 0. The van der Waals surface area contributed by atoms with Crippen molar-refractivity contribution in [3.63, 3.8) is 0 Å². The van der Waals surface area contributed by atoms with E-state index in [-0.39, 0.29) is 16.6 Å². The first-order valence-electron chi connectivity index (χ1n) is 6.13. The van der Waals surface area contributed by atoms with Crippen LogP contribution in [0.4, 0.5) is 5.69 Å². The maximum atomic E-state index is 12.2. The molecule has 0 bridgehead atoms. The molecule has 1 atom stereocenters. The minimum Gasteiger partial charge on any atom is -0.398 e. The third-order valence-electron chi connectivity index (χ3n) is 2.65. The molecule has 3 N–H and O–H groups in total. The topological polar surface area (TPSA) is 98.5 Å². The molecule has 0 spiro atoms. The molecular formula is C13H20N2O4S. The smallest absolute Gasteiger partial charge is 0.235 e. The van der Waals surface area contributed by atoms with E-state index in [0.29, 0.717) is 6.61 Å². The summed E-state index contributed by atoms with van der Waals surface area (Å²) in [6.45, 7) is 3.81. The van der Waals surface area contributed by atoms with E-state index in [1.807, 2.05) is 0 Å². The summed E-state index contributed by atoms with van der Waals surface area (Å²) in [5.41, 5.74) is 6.59. The number of ether oxygens (including phenoxy) is 1. The van der Waals surface area contributed by atoms with Crippen molar-refractivity contribution >= 4 is 21.4 Å². The van der Waals surface area contributed by atoms with Crippen molar-refractivity contribution in [2.75, 3.05) is 25.2 Å². The number of sulfone groups is 1. The zero-order valence-electron chi connectivity index (χ0n) is 11.8. The summed E-state index contributed by atoms with van der Waals surface area (Å²) in [6.07, 6.45) is 0. The van der Waals surface area contributed by atoms with Gasteiger partial charge in [-0.25, -0.2) is 8.42 Å². The summed E-state index contributed by atoms with van der Waals surface area (Å²) in [6, 6.07) is 4.46. The van der Waals surface area contributed by atoms with Crippen LogP contribution in [0.2, 0.25) is 0 Å². The zero-order valence-corrected chi connectivity index (χ0v) is 12.7. The first-order valence-corrected chi connectivity index (χ1v) is 7.78. The Hall–Kier alpha value is -1.60. The molecule has 6 nitrogen and oxygen atoms in total. The Morgan fingerprint density at radius 2 is 2.10 bits per heavy atom. The lowest BCUT2D eigenvalue weighted by atomic mass is 10.2. The Bertz CT molecular complexity index is 584. The third kappa shape index (κ3) is 4.50. The maximum absolute atomic E-state index is 12.2. The number of hydrogen-bond donors (Lipinski definition) is 2. The van der Waals surface area contributed by atoms with E-state index in [1.165, 1.54) is 19.2 Å². The molecule has 1 aromatic carbocycles. The van der Waals surface area contributed by atoms with Crippen LogP contribution in [0.25, 0.3) is 0 Å². The molecule has 0 saturated carbocycles. The largest absolute Gasteiger partial charge is 0.398 e. The molecule has 0 heterocycles. The summed E-state index contributed by atoms with van der Waals surface area (Å²) < 4.78 is 29.2. The number of nitrogen functional groups attached to an aromatic ring is 1. The Kier molecular flexibility index (Phi) is 5.52. The van der Waals surface area contributed by atoms with E-state index in [2.05, 4.69) is 5.32 Å². The third-order valence-corrected chi connectivity index (χ3v) is 4.32. The molecular weight excluding hydrogens is 280 g/mol. The Balaban J connectivity index is 2.85. The van der Waals surface area contributed by atoms with Crippen LogP contribution in [0.3, 0.4) is 0 Å². The van der Waals surface area contributed by atoms with Crippen LogP contribution in [0.15, 0.2) is 23.1 Å². The zero-order chi connectivity index (χ0) is 15.3. The second-order valence-corrected chi connectivity index (χ2v) is 6.68. The standard InChI is InChI=1S/C13H20N2O4S/c1-9-4-5-11(14)12(6-9)20(17,18)8-13(16)15-10(2)7-19-3/h4-6,10H,7-8,14H2,1-3H3,(H,15,16). The van der Waals surface area contributed by atoms with Gasteiger partial charge in [-0.05, 0) is 31.5 Å². The van der Waals surface area contributed by atoms with Gasteiger partial charge in [0, 0.05) is 13.2 Å². The lowest BCUT2D eigenvalue weighted by molar-refractivity contribution is -0.119. The van der Waals surface area contributed by atoms with Crippen LogP contribution in [-0.4, -0.2) is 39.8 Å². The fourth-order valence-corrected chi connectivity index (χ4v) is 3.15. The van der Waals surface area contributed by atoms with Crippen molar-refractivity contribution in [1.29, 1.82) is 0 Å². The van der Waals surface area contributed by atoms with Gasteiger partial charge in [0.2, 0.25) is 5.91 Å². The van der Waals surface area contributed by atoms with Gasteiger partial charge in [-0.2, -0.15) is 0 Å². The van der Waals surface area contributed by atoms with E-state index in [9.17, 15) is 13.2 Å². The van der Waals surface area contributed by atoms with Crippen LogP contribution in [0, 0.1) is 6.92 Å². The normalized spacial score (nSPS) is 12.9. The molecule has 0 aromatic heterocycles. The highest BCUT2D eigenvalue weighted by Crippen LogP contribution is 2.20. The van der Waals surface area contributed by atoms with Gasteiger partial charge < -0.3 is 15.8 Å². The molecule has 1 aromatic rings. The SMILES string of the molecule is COCC(C)NC(=O)CS(=O)(=O)c1cc(C)ccc1N. The lowest BCUT2D eigenvalue weighted by Gasteiger charge is -2.13. The van der Waals surface area contributed by atoms with Crippen molar-refractivity contribution in [2.45, 2.75) is 24.8 Å². The second-order valence-electron chi connectivity index (χ2n) is 4.72. The average molecular weight is 300 g/mol. The first-order chi connectivity index (χ1) is 9.26. The number of anilines is 1. The van der Waals surface area contributed by atoms with Crippen LogP contribution in [0.5, 0.6) is 0 Å². The van der Waals surface area contributed by atoms with E-state index >= 15 is 0 Å². The lowest BCUT2D eigenvalue weighted by Crippen LogP contribution is -2.39. The highest BCUT2D eigenvalue weighted by Gasteiger charge is 2.22. The number of rotatable bonds is 6. The van der Waals surface area contributed by atoms with Gasteiger partial charge in [-0.15, -0.1) is 0 Å². The van der Waals surface area contributed by atoms with Gasteiger partial charge in [-0.3, -0.25) is 4.79 Å². The molecule has 0 aliphatic rings. The van der Waals surface area contributed by atoms with Gasteiger partial charge >= 0.3 is 0 Å². The van der Waals surface area contributed by atoms with Crippen molar-refractivity contribution in [1.82, 2.24) is 5.32 Å². The predicted molar refractivity (Wildman–Crippen MR) is 77.1 cm³/mol. The molecule has 0 aliphatic heterocycles. The quantitative estimate of drug-likeness (QED) is 0.746. The monoisotopic (exact) mass is 300 g/mol. The van der Waals surface area contributed by atoms with Crippen molar-refractivity contribution in [3.05, 3.63) is 23.8 Å². The number of benzene rings is 1. The molecule has 7 heteroatoms. The second kappa shape index (κ2) is 6.71. The first kappa shape index (κ1) is 16.5. The Morgan fingerprint density at radius 3 is 2.70 bits per heavy atom. The highest BCUT2D eigenvalue weighted by molar-refractivity contribution is 7.92. The molecule has 112 valence electrons. The van der Waals surface area contributed by atoms with E-state index in [0.717, 1.165) is 5.56 Å². The van der Waals surface area contributed by atoms with Gasteiger partial charge in [0.25, 0.3) is 0 Å². The predicted octanol–water partition coefficient (Wildman–Crippen LogP) is 0.502. The molecule has 0 aliphatic carbocycles. The van der Waals surface area contributed by atoms with Crippen LogP contribution < -0.4 is 11.1 Å². The molecule has 1 rings (SSSR count). The van der Waals surface area contributed by atoms with Crippen LogP contribution in [-0.2, 0) is 19.4 Å². The Morgan fingerprint density at radius 1 is 1.45 bits per heavy atom. The van der Waals surface area contributed by atoms with Gasteiger partial charge in [-0.1, -0.05) is 6.07 Å². The number of hydrogen-bond acceptors (Lipinski definition) is 5. The number of carbonyl (C=O) groups is 1. The maximum Gasteiger partial charge on any atom is 0.235 e. The van der Waals surface area contributed by atoms with Gasteiger partial charge in [0.1, 0.15) is 5.75 Å². The van der Waals surface area contributed by atoms with Crippen LogP contribution >= 0.6 is 0 Å². The summed E-state index contributed by atoms with van der Waals surface area (Å²) in [7, 11) is -2.24. The molecule has 0 fully saturated rings. The fourth-order valence-electron chi connectivity index (χ4n) is 1.77. The van der Waals surface area contributed by atoms with Crippen LogP contribution in [0.1, 0.15) is 12.5 Å². The van der Waals surface area contributed by atoms with E-state index < -0.39 is 21.5 Å². The minimum absolute atomic E-state index is 0.00737. The molecule has 0 radical (unpaired) electrons. The average Bonchev–Trinajstić information content (AvgIpc) is 2.31. The number of methoxy groups -OCH3 is 1. The molecule has 1 amide bonds. The van der Waals surface area contributed by atoms with Crippen molar-refractivity contribution < 1.29 is 17.9 Å². The Labute approximate surface area is 119 Å². The molecule has 0 saturated heterocycles. The van der Waals surface area contributed by atoms with Gasteiger partial charge in [0.05, 0.1) is 17.2 Å². The van der Waals surface area contributed by atoms with Crippen molar-refractivity contribution in [2.24, 2.45) is 0 Å². The number of nitrogens with one attached hydrogen (secondary N) is 1. The number of amides is 1. The van der Waals surface area contributed by atoms with Gasteiger partial charge in [0.15, 0.2) is 9.84 Å². The van der Waals surface area contributed by atoms with E-state index in [1.54, 1.807) is 19.9 Å². The number of carbonyl (C=O) groups excluding carboxylic acids is 1. The van der Waals surface area contributed by atoms with Crippen molar-refractivity contribution in [3.8, 4) is 0 Å². The highest BCUT2D eigenvalue weighted by atomic mass is 32.2. The number of nitrogens with two attached hydrogens (primary N) is 1.